The van der Waals surface area contributed by atoms with Gasteiger partial charge in [0.1, 0.15) is 12.9 Å². The zero-order valence-electron chi connectivity index (χ0n) is 17.4. The number of rotatable bonds is 6. The Morgan fingerprint density at radius 3 is 2.29 bits per heavy atom. The fraction of sp³-hybridized carbons (Fsp3) is 0.286. The van der Waals surface area contributed by atoms with E-state index in [0.29, 0.717) is 17.1 Å². The number of amidine groups is 1. The molecule has 0 fully saturated rings. The minimum atomic E-state index is -4.51. The maximum Gasteiger partial charge on any atom is 0.417 e. The standard InChI is InChI=1S/C21H22F3N5O2/c1-20(2,31-14-11-9-13(10-12-14)17(25)28-30-4)19-27-26-18(29(19)3)15-7-5-6-8-16(15)21(22,23)24/h5-12H,1-4H3,(H2,25,28). The third-order valence-electron chi connectivity index (χ3n) is 4.60. The van der Waals surface area contributed by atoms with Crippen LogP contribution in [0.15, 0.2) is 53.7 Å². The molecular weight excluding hydrogens is 411 g/mol. The van der Waals surface area contributed by atoms with Gasteiger partial charge in [0.15, 0.2) is 23.1 Å². The molecule has 0 atom stereocenters. The molecule has 0 saturated heterocycles. The summed E-state index contributed by atoms with van der Waals surface area (Å²) in [6.07, 6.45) is -4.51. The van der Waals surface area contributed by atoms with Crippen molar-refractivity contribution < 1.29 is 22.7 Å². The first-order valence-electron chi connectivity index (χ1n) is 9.27. The van der Waals surface area contributed by atoms with E-state index >= 15 is 0 Å². The highest BCUT2D eigenvalue weighted by Gasteiger charge is 2.36. The summed E-state index contributed by atoms with van der Waals surface area (Å²) in [6.45, 7) is 3.51. The average Bonchev–Trinajstić information content (AvgIpc) is 3.10. The lowest BCUT2D eigenvalue weighted by atomic mass is 10.1. The molecule has 0 amide bonds. The largest absolute Gasteiger partial charge is 0.480 e. The highest BCUT2D eigenvalue weighted by Crippen LogP contribution is 2.37. The molecule has 2 N–H and O–H groups in total. The Balaban J connectivity index is 1.91. The molecule has 0 aliphatic carbocycles. The van der Waals surface area contributed by atoms with Gasteiger partial charge in [-0.15, -0.1) is 10.2 Å². The van der Waals surface area contributed by atoms with Gasteiger partial charge in [0, 0.05) is 18.2 Å². The van der Waals surface area contributed by atoms with Crippen molar-refractivity contribution in [3.8, 4) is 17.1 Å². The number of oxime groups is 1. The molecule has 0 saturated carbocycles. The molecule has 7 nitrogen and oxygen atoms in total. The van der Waals surface area contributed by atoms with Crippen LogP contribution in [0.4, 0.5) is 13.2 Å². The second-order valence-corrected chi connectivity index (χ2v) is 7.25. The number of halogens is 3. The molecule has 3 rings (SSSR count). The minimum Gasteiger partial charge on any atom is -0.480 e. The zero-order chi connectivity index (χ0) is 22.8. The zero-order valence-corrected chi connectivity index (χ0v) is 17.4. The fourth-order valence-electron chi connectivity index (χ4n) is 3.20. The van der Waals surface area contributed by atoms with E-state index in [2.05, 4.69) is 20.2 Å². The summed E-state index contributed by atoms with van der Waals surface area (Å²) in [5, 5.41) is 11.8. The summed E-state index contributed by atoms with van der Waals surface area (Å²) in [4.78, 5) is 4.65. The van der Waals surface area contributed by atoms with E-state index in [0.717, 1.165) is 6.07 Å². The number of hydrogen-bond donors (Lipinski definition) is 1. The van der Waals surface area contributed by atoms with Gasteiger partial charge in [0.25, 0.3) is 0 Å². The Morgan fingerprint density at radius 1 is 1.03 bits per heavy atom. The Kier molecular flexibility index (Phi) is 5.92. The van der Waals surface area contributed by atoms with Crippen molar-refractivity contribution in [3.63, 3.8) is 0 Å². The highest BCUT2D eigenvalue weighted by molar-refractivity contribution is 5.97. The monoisotopic (exact) mass is 433 g/mol. The Hall–Kier alpha value is -3.56. The fourth-order valence-corrected chi connectivity index (χ4v) is 3.20. The molecule has 1 heterocycles. The van der Waals surface area contributed by atoms with Gasteiger partial charge < -0.3 is 19.9 Å². The molecule has 0 aliphatic heterocycles. The van der Waals surface area contributed by atoms with Crippen LogP contribution in [-0.4, -0.2) is 27.7 Å². The summed E-state index contributed by atoms with van der Waals surface area (Å²) in [7, 11) is 3.00. The smallest absolute Gasteiger partial charge is 0.417 e. The van der Waals surface area contributed by atoms with Crippen LogP contribution in [0.2, 0.25) is 0 Å². The maximum atomic E-state index is 13.4. The van der Waals surface area contributed by atoms with Crippen molar-refractivity contribution in [1.29, 1.82) is 0 Å². The third-order valence-corrected chi connectivity index (χ3v) is 4.60. The summed E-state index contributed by atoms with van der Waals surface area (Å²) in [5.74, 6) is 1.19. The highest BCUT2D eigenvalue weighted by atomic mass is 19.4. The van der Waals surface area contributed by atoms with Gasteiger partial charge >= 0.3 is 6.18 Å². The maximum absolute atomic E-state index is 13.4. The Labute approximate surface area is 177 Å². The van der Waals surface area contributed by atoms with Crippen LogP contribution in [-0.2, 0) is 23.7 Å². The van der Waals surface area contributed by atoms with Gasteiger partial charge in [0.05, 0.1) is 5.56 Å². The molecule has 2 aromatic carbocycles. The van der Waals surface area contributed by atoms with Gasteiger partial charge in [-0.25, -0.2) is 0 Å². The van der Waals surface area contributed by atoms with E-state index in [1.165, 1.54) is 29.9 Å². The number of benzene rings is 2. The quantitative estimate of drug-likeness (QED) is 0.360. The number of aromatic nitrogens is 3. The van der Waals surface area contributed by atoms with Crippen molar-refractivity contribution in [1.82, 2.24) is 14.8 Å². The van der Waals surface area contributed by atoms with E-state index in [-0.39, 0.29) is 17.2 Å². The van der Waals surface area contributed by atoms with Crippen molar-refractivity contribution in [2.24, 2.45) is 17.9 Å². The van der Waals surface area contributed by atoms with Gasteiger partial charge in [0.2, 0.25) is 0 Å². The van der Waals surface area contributed by atoms with Crippen molar-refractivity contribution in [3.05, 3.63) is 65.5 Å². The Bertz CT molecular complexity index is 1090. The van der Waals surface area contributed by atoms with Crippen LogP contribution >= 0.6 is 0 Å². The first kappa shape index (κ1) is 22.1. The number of nitrogens with zero attached hydrogens (tertiary/aromatic N) is 4. The number of alkyl halides is 3. The predicted molar refractivity (Wildman–Crippen MR) is 109 cm³/mol. The Morgan fingerprint density at radius 2 is 1.68 bits per heavy atom. The normalized spacial score (nSPS) is 12.7. The van der Waals surface area contributed by atoms with Gasteiger partial charge in [-0.3, -0.25) is 0 Å². The van der Waals surface area contributed by atoms with Crippen molar-refractivity contribution in [2.45, 2.75) is 25.6 Å². The summed E-state index contributed by atoms with van der Waals surface area (Å²) in [5.41, 5.74) is 4.61. The van der Waals surface area contributed by atoms with Crippen LogP contribution in [0.25, 0.3) is 11.4 Å². The van der Waals surface area contributed by atoms with Crippen molar-refractivity contribution in [2.75, 3.05) is 7.11 Å². The SMILES string of the molecule is CON=C(N)c1ccc(OC(C)(C)c2nnc(-c3ccccc3C(F)(F)F)n2C)cc1. The minimum absolute atomic E-state index is 0.0516. The van der Waals surface area contributed by atoms with E-state index in [1.54, 1.807) is 45.2 Å². The van der Waals surface area contributed by atoms with Crippen molar-refractivity contribution >= 4 is 5.84 Å². The second kappa shape index (κ2) is 8.29. The molecule has 10 heteroatoms. The van der Waals surface area contributed by atoms with Crippen LogP contribution in [0.1, 0.15) is 30.8 Å². The predicted octanol–water partition coefficient (Wildman–Crippen LogP) is 4.08. The molecular formula is C21H22F3N5O2. The molecule has 0 aliphatic rings. The third kappa shape index (κ3) is 4.62. The molecule has 3 aromatic rings. The first-order valence-corrected chi connectivity index (χ1v) is 9.27. The first-order chi connectivity index (χ1) is 14.5. The summed E-state index contributed by atoms with van der Waals surface area (Å²) < 4.78 is 47.8. The molecule has 1 aromatic heterocycles. The lowest BCUT2D eigenvalue weighted by Crippen LogP contribution is -2.29. The molecule has 164 valence electrons. The topological polar surface area (TPSA) is 87.6 Å². The van der Waals surface area contributed by atoms with E-state index in [1.807, 2.05) is 0 Å². The summed E-state index contributed by atoms with van der Waals surface area (Å²) >= 11 is 0. The number of ether oxygens (including phenoxy) is 1. The lowest BCUT2D eigenvalue weighted by molar-refractivity contribution is -0.137. The van der Waals surface area contributed by atoms with Gasteiger partial charge in [-0.2, -0.15) is 13.2 Å². The van der Waals surface area contributed by atoms with Crippen LogP contribution in [0, 0.1) is 0 Å². The van der Waals surface area contributed by atoms with Crippen LogP contribution in [0.3, 0.4) is 0 Å². The van der Waals surface area contributed by atoms with E-state index in [4.69, 9.17) is 10.5 Å². The molecule has 0 bridgehead atoms. The number of nitrogens with two attached hydrogens (primary N) is 1. The lowest BCUT2D eigenvalue weighted by Gasteiger charge is -2.25. The van der Waals surface area contributed by atoms with E-state index in [9.17, 15) is 13.2 Å². The molecule has 31 heavy (non-hydrogen) atoms. The van der Waals surface area contributed by atoms with E-state index < -0.39 is 17.3 Å². The number of hydrogen-bond acceptors (Lipinski definition) is 5. The second-order valence-electron chi connectivity index (χ2n) is 7.25. The molecule has 0 spiro atoms. The molecule has 0 unspecified atom stereocenters. The van der Waals surface area contributed by atoms with Gasteiger partial charge in [-0.1, -0.05) is 23.4 Å². The van der Waals surface area contributed by atoms with Gasteiger partial charge in [-0.05, 0) is 44.2 Å². The average molecular weight is 433 g/mol. The van der Waals surface area contributed by atoms with Crippen LogP contribution < -0.4 is 10.5 Å². The summed E-state index contributed by atoms with van der Waals surface area (Å²) in [6, 6.07) is 12.1. The molecule has 0 radical (unpaired) electrons. The van der Waals surface area contributed by atoms with Crippen LogP contribution in [0.5, 0.6) is 5.75 Å².